The molecule has 0 aliphatic heterocycles. The third kappa shape index (κ3) is 4.78. The lowest BCUT2D eigenvalue weighted by Gasteiger charge is -2.07. The molecular weight excluding hydrogens is 416 g/mol. The maximum atomic E-state index is 11.4. The highest BCUT2D eigenvalue weighted by Crippen LogP contribution is 2.26. The average Bonchev–Trinajstić information content (AvgIpc) is 3.39. The van der Waals surface area contributed by atoms with Crippen LogP contribution in [0, 0.1) is 0 Å². The van der Waals surface area contributed by atoms with Crippen LogP contribution < -0.4 is 10.6 Å². The van der Waals surface area contributed by atoms with Crippen molar-refractivity contribution in [3.63, 3.8) is 0 Å². The van der Waals surface area contributed by atoms with Gasteiger partial charge in [0.2, 0.25) is 11.9 Å². The van der Waals surface area contributed by atoms with E-state index in [9.17, 15) is 4.79 Å². The summed E-state index contributed by atoms with van der Waals surface area (Å²) in [6.45, 7) is 4.01. The van der Waals surface area contributed by atoms with Crippen molar-refractivity contribution in [2.45, 2.75) is 6.54 Å². The highest BCUT2D eigenvalue weighted by molar-refractivity contribution is 6.32. The van der Waals surface area contributed by atoms with Gasteiger partial charge in [0.05, 0.1) is 35.3 Å². The van der Waals surface area contributed by atoms with E-state index in [1.165, 1.54) is 6.08 Å². The summed E-state index contributed by atoms with van der Waals surface area (Å²) in [6.07, 6.45) is 8.02. The lowest BCUT2D eigenvalue weighted by Crippen LogP contribution is -2.07. The first kappa shape index (κ1) is 20.3. The van der Waals surface area contributed by atoms with Crippen LogP contribution in [0.1, 0.15) is 5.56 Å². The standard InChI is InChI=1S/C21H19ClN8O/c1-3-19(31)26-15-6-4-14(5-7-15)12-30-13-16(10-25-30)27-21-23-11-17(22)20(28-21)18-8-9-24-29(18)2/h3-11,13H,1,12H2,2H3,(H,26,31)(H,23,27,28). The molecule has 156 valence electrons. The summed E-state index contributed by atoms with van der Waals surface area (Å²) in [7, 11) is 1.82. The Morgan fingerprint density at radius 2 is 1.97 bits per heavy atom. The Morgan fingerprint density at radius 3 is 2.68 bits per heavy atom. The Kier molecular flexibility index (Phi) is 5.76. The number of amides is 1. The van der Waals surface area contributed by atoms with E-state index in [-0.39, 0.29) is 5.91 Å². The number of nitrogens with one attached hydrogen (secondary N) is 2. The van der Waals surface area contributed by atoms with E-state index < -0.39 is 0 Å². The number of hydrogen-bond acceptors (Lipinski definition) is 6. The van der Waals surface area contributed by atoms with Gasteiger partial charge in [-0.25, -0.2) is 9.97 Å². The molecule has 31 heavy (non-hydrogen) atoms. The third-order valence-corrected chi connectivity index (χ3v) is 4.73. The van der Waals surface area contributed by atoms with Crippen molar-refractivity contribution in [3.05, 3.63) is 78.4 Å². The molecule has 3 aromatic heterocycles. The molecule has 1 aromatic carbocycles. The van der Waals surface area contributed by atoms with Crippen LogP contribution in [0.25, 0.3) is 11.4 Å². The van der Waals surface area contributed by atoms with Gasteiger partial charge >= 0.3 is 0 Å². The fourth-order valence-electron chi connectivity index (χ4n) is 2.93. The van der Waals surface area contributed by atoms with Gasteiger partial charge in [0.25, 0.3) is 0 Å². The quantitative estimate of drug-likeness (QED) is 0.430. The Labute approximate surface area is 183 Å². The summed E-state index contributed by atoms with van der Waals surface area (Å²) >= 11 is 6.27. The topological polar surface area (TPSA) is 103 Å². The fraction of sp³-hybridized carbons (Fsp3) is 0.0952. The molecule has 4 aromatic rings. The highest BCUT2D eigenvalue weighted by atomic mass is 35.5. The summed E-state index contributed by atoms with van der Waals surface area (Å²) in [5.41, 5.74) is 3.87. The summed E-state index contributed by atoms with van der Waals surface area (Å²) < 4.78 is 3.49. The van der Waals surface area contributed by atoms with Gasteiger partial charge in [0, 0.05) is 25.1 Å². The van der Waals surface area contributed by atoms with Gasteiger partial charge in [-0.2, -0.15) is 10.2 Å². The molecule has 0 atom stereocenters. The summed E-state index contributed by atoms with van der Waals surface area (Å²) in [6, 6.07) is 9.36. The molecule has 0 aliphatic rings. The first-order valence-corrected chi connectivity index (χ1v) is 9.72. The number of carbonyl (C=O) groups is 1. The van der Waals surface area contributed by atoms with E-state index >= 15 is 0 Å². The molecule has 0 aliphatic carbocycles. The molecule has 9 nitrogen and oxygen atoms in total. The number of anilines is 3. The van der Waals surface area contributed by atoms with Crippen LogP contribution in [0.3, 0.4) is 0 Å². The zero-order valence-corrected chi connectivity index (χ0v) is 17.4. The molecule has 10 heteroatoms. The third-order valence-electron chi connectivity index (χ3n) is 4.45. The zero-order valence-electron chi connectivity index (χ0n) is 16.7. The molecule has 0 bridgehead atoms. The van der Waals surface area contributed by atoms with Gasteiger partial charge < -0.3 is 10.6 Å². The second-order valence-electron chi connectivity index (χ2n) is 6.67. The van der Waals surface area contributed by atoms with Crippen molar-refractivity contribution in [2.75, 3.05) is 10.6 Å². The minimum absolute atomic E-state index is 0.244. The monoisotopic (exact) mass is 434 g/mol. The predicted molar refractivity (Wildman–Crippen MR) is 119 cm³/mol. The Bertz CT molecular complexity index is 1230. The normalized spacial score (nSPS) is 10.6. The van der Waals surface area contributed by atoms with Gasteiger partial charge in [0.15, 0.2) is 0 Å². The van der Waals surface area contributed by atoms with Gasteiger partial charge in [-0.05, 0) is 29.8 Å². The molecule has 2 N–H and O–H groups in total. The molecule has 0 radical (unpaired) electrons. The number of halogens is 1. The first-order valence-electron chi connectivity index (χ1n) is 9.34. The van der Waals surface area contributed by atoms with Crippen LogP contribution in [-0.2, 0) is 18.4 Å². The lowest BCUT2D eigenvalue weighted by molar-refractivity contribution is -0.111. The van der Waals surface area contributed by atoms with E-state index in [1.807, 2.05) is 43.6 Å². The molecule has 0 unspecified atom stereocenters. The number of nitrogens with zero attached hydrogens (tertiary/aromatic N) is 6. The minimum Gasteiger partial charge on any atom is -0.323 e. The molecule has 4 rings (SSSR count). The molecular formula is C21H19ClN8O. The van der Waals surface area contributed by atoms with Gasteiger partial charge in [0.1, 0.15) is 5.69 Å². The first-order chi connectivity index (χ1) is 15.0. The SMILES string of the molecule is C=CC(=O)Nc1ccc(Cn2cc(Nc3ncc(Cl)c(-c4ccnn4C)n3)cn2)cc1. The number of carbonyl (C=O) groups excluding carboxylic acids is 1. The highest BCUT2D eigenvalue weighted by Gasteiger charge is 2.12. The number of hydrogen-bond donors (Lipinski definition) is 2. The van der Waals surface area contributed by atoms with Crippen LogP contribution in [0.15, 0.2) is 67.8 Å². The second-order valence-corrected chi connectivity index (χ2v) is 7.08. The number of benzene rings is 1. The van der Waals surface area contributed by atoms with E-state index in [1.54, 1.807) is 28.0 Å². The smallest absolute Gasteiger partial charge is 0.247 e. The summed E-state index contributed by atoms with van der Waals surface area (Å²) in [5.74, 6) is 0.161. The van der Waals surface area contributed by atoms with Gasteiger partial charge in [-0.15, -0.1) is 0 Å². The predicted octanol–water partition coefficient (Wildman–Crippen LogP) is 3.64. The maximum Gasteiger partial charge on any atom is 0.247 e. The Hall–Kier alpha value is -3.98. The number of aryl methyl sites for hydroxylation is 1. The minimum atomic E-state index is -0.244. The van der Waals surface area contributed by atoms with Crippen LogP contribution in [0.5, 0.6) is 0 Å². The van der Waals surface area contributed by atoms with E-state index in [2.05, 4.69) is 37.4 Å². The Morgan fingerprint density at radius 1 is 1.16 bits per heavy atom. The number of aromatic nitrogens is 6. The lowest BCUT2D eigenvalue weighted by atomic mass is 10.2. The largest absolute Gasteiger partial charge is 0.323 e. The molecule has 0 saturated heterocycles. The van der Waals surface area contributed by atoms with E-state index in [0.717, 1.165) is 16.9 Å². The van der Waals surface area contributed by atoms with Gasteiger partial charge in [-0.1, -0.05) is 30.3 Å². The van der Waals surface area contributed by atoms with Crippen molar-refractivity contribution in [3.8, 4) is 11.4 Å². The van der Waals surface area contributed by atoms with Gasteiger partial charge in [-0.3, -0.25) is 14.2 Å². The summed E-state index contributed by atoms with van der Waals surface area (Å²) in [4.78, 5) is 20.1. The van der Waals surface area contributed by atoms with E-state index in [0.29, 0.717) is 28.9 Å². The van der Waals surface area contributed by atoms with Crippen LogP contribution in [-0.4, -0.2) is 35.4 Å². The fourth-order valence-corrected chi connectivity index (χ4v) is 3.12. The van der Waals surface area contributed by atoms with Crippen molar-refractivity contribution in [1.29, 1.82) is 0 Å². The van der Waals surface area contributed by atoms with Crippen LogP contribution in [0.4, 0.5) is 17.3 Å². The number of rotatable bonds is 7. The average molecular weight is 435 g/mol. The van der Waals surface area contributed by atoms with Crippen molar-refractivity contribution < 1.29 is 4.79 Å². The maximum absolute atomic E-state index is 11.4. The molecule has 0 spiro atoms. The summed E-state index contributed by atoms with van der Waals surface area (Å²) in [5, 5.41) is 14.8. The van der Waals surface area contributed by atoms with Crippen LogP contribution >= 0.6 is 11.6 Å². The van der Waals surface area contributed by atoms with E-state index in [4.69, 9.17) is 11.6 Å². The molecule has 3 heterocycles. The van der Waals surface area contributed by atoms with Crippen molar-refractivity contribution in [1.82, 2.24) is 29.5 Å². The Balaban J connectivity index is 1.44. The van der Waals surface area contributed by atoms with Crippen molar-refractivity contribution >= 4 is 34.8 Å². The van der Waals surface area contributed by atoms with Crippen molar-refractivity contribution in [2.24, 2.45) is 7.05 Å². The second kappa shape index (κ2) is 8.80. The molecule has 0 fully saturated rings. The van der Waals surface area contributed by atoms with Crippen LogP contribution in [0.2, 0.25) is 5.02 Å². The molecule has 1 amide bonds. The molecule has 0 saturated carbocycles. The zero-order chi connectivity index (χ0) is 21.8.